The fourth-order valence-electron chi connectivity index (χ4n) is 1.80. The first-order valence-corrected chi connectivity index (χ1v) is 6.38. The molecule has 0 aliphatic rings. The molecule has 0 aromatic carbocycles. The van der Waals surface area contributed by atoms with Gasteiger partial charge in [-0.05, 0) is 24.8 Å². The molecule has 0 fully saturated rings. The van der Waals surface area contributed by atoms with Crippen molar-refractivity contribution in [1.82, 2.24) is 5.32 Å². The standard InChI is InChI=1S/C14H23NO4/c1-10-11(7-12(19-10)13(16)17)8-15-9-14(2,3)5-6-18-4/h7,15H,5-6,8-9H2,1-4H3,(H,16,17). The monoisotopic (exact) mass is 269 g/mol. The Balaban J connectivity index is 2.46. The van der Waals surface area contributed by atoms with E-state index in [9.17, 15) is 4.79 Å². The fraction of sp³-hybridized carbons (Fsp3) is 0.643. The molecule has 0 bridgehead atoms. The third-order valence-electron chi connectivity index (χ3n) is 3.13. The van der Waals surface area contributed by atoms with Crippen molar-refractivity contribution in [3.63, 3.8) is 0 Å². The second-order valence-electron chi connectivity index (χ2n) is 5.51. The van der Waals surface area contributed by atoms with Crippen molar-refractivity contribution >= 4 is 5.97 Å². The van der Waals surface area contributed by atoms with Gasteiger partial charge in [-0.25, -0.2) is 4.79 Å². The lowest BCUT2D eigenvalue weighted by molar-refractivity contribution is 0.0661. The van der Waals surface area contributed by atoms with E-state index in [1.807, 2.05) is 0 Å². The summed E-state index contributed by atoms with van der Waals surface area (Å²) in [6, 6.07) is 1.58. The van der Waals surface area contributed by atoms with Gasteiger partial charge in [-0.3, -0.25) is 0 Å². The van der Waals surface area contributed by atoms with Crippen molar-refractivity contribution in [2.24, 2.45) is 5.41 Å². The molecule has 108 valence electrons. The van der Waals surface area contributed by atoms with Crippen LogP contribution in [0.5, 0.6) is 0 Å². The molecule has 1 rings (SSSR count). The number of methoxy groups -OCH3 is 1. The highest BCUT2D eigenvalue weighted by Crippen LogP contribution is 2.20. The fourth-order valence-corrected chi connectivity index (χ4v) is 1.80. The molecule has 1 heterocycles. The van der Waals surface area contributed by atoms with Gasteiger partial charge in [-0.15, -0.1) is 0 Å². The minimum atomic E-state index is -1.03. The van der Waals surface area contributed by atoms with Crippen LogP contribution in [0.3, 0.4) is 0 Å². The van der Waals surface area contributed by atoms with Crippen LogP contribution < -0.4 is 5.32 Å². The second kappa shape index (κ2) is 6.73. The van der Waals surface area contributed by atoms with Crippen LogP contribution in [0.1, 0.15) is 42.1 Å². The van der Waals surface area contributed by atoms with E-state index < -0.39 is 5.97 Å². The number of hydrogen-bond donors (Lipinski definition) is 2. The predicted molar refractivity (Wildman–Crippen MR) is 72.4 cm³/mol. The molecule has 2 N–H and O–H groups in total. The third kappa shape index (κ3) is 5.04. The van der Waals surface area contributed by atoms with E-state index in [0.29, 0.717) is 12.3 Å². The van der Waals surface area contributed by atoms with Crippen molar-refractivity contribution in [1.29, 1.82) is 0 Å². The molecule has 0 aliphatic carbocycles. The van der Waals surface area contributed by atoms with E-state index in [-0.39, 0.29) is 11.2 Å². The molecule has 0 spiro atoms. The number of carboxylic acids is 1. The number of carboxylic acid groups (broad SMARTS) is 1. The molecular weight excluding hydrogens is 246 g/mol. The predicted octanol–water partition coefficient (Wildman–Crippen LogP) is 2.44. The number of rotatable bonds is 8. The van der Waals surface area contributed by atoms with Gasteiger partial charge in [0, 0.05) is 32.4 Å². The molecule has 5 heteroatoms. The van der Waals surface area contributed by atoms with Crippen molar-refractivity contribution in [3.05, 3.63) is 23.2 Å². The summed E-state index contributed by atoms with van der Waals surface area (Å²) in [5.74, 6) is -0.387. The number of ether oxygens (including phenoxy) is 1. The van der Waals surface area contributed by atoms with Gasteiger partial charge in [0.25, 0.3) is 0 Å². The van der Waals surface area contributed by atoms with Gasteiger partial charge in [0.15, 0.2) is 0 Å². The first kappa shape index (κ1) is 15.7. The van der Waals surface area contributed by atoms with Gasteiger partial charge in [-0.2, -0.15) is 0 Å². The van der Waals surface area contributed by atoms with Crippen molar-refractivity contribution in [2.45, 2.75) is 33.7 Å². The van der Waals surface area contributed by atoms with Crippen molar-refractivity contribution in [2.75, 3.05) is 20.3 Å². The molecule has 0 atom stereocenters. The first-order valence-electron chi connectivity index (χ1n) is 6.38. The highest BCUT2D eigenvalue weighted by molar-refractivity contribution is 5.84. The number of carbonyl (C=O) groups is 1. The molecular formula is C14H23NO4. The Labute approximate surface area is 113 Å². The van der Waals surface area contributed by atoms with Gasteiger partial charge in [0.05, 0.1) is 0 Å². The zero-order valence-corrected chi connectivity index (χ0v) is 12.1. The first-order chi connectivity index (χ1) is 8.85. The smallest absolute Gasteiger partial charge is 0.371 e. The van der Waals surface area contributed by atoms with Crippen LogP contribution in [0, 0.1) is 12.3 Å². The average molecular weight is 269 g/mol. The van der Waals surface area contributed by atoms with Gasteiger partial charge < -0.3 is 19.6 Å². The largest absolute Gasteiger partial charge is 0.475 e. The minimum absolute atomic E-state index is 0.00653. The number of hydrogen-bond acceptors (Lipinski definition) is 4. The molecule has 1 aromatic rings. The van der Waals surface area contributed by atoms with Gasteiger partial charge >= 0.3 is 5.97 Å². The summed E-state index contributed by atoms with van der Waals surface area (Å²) in [5.41, 5.74) is 1.03. The summed E-state index contributed by atoms with van der Waals surface area (Å²) in [7, 11) is 1.70. The number of aryl methyl sites for hydroxylation is 1. The minimum Gasteiger partial charge on any atom is -0.475 e. The summed E-state index contributed by atoms with van der Waals surface area (Å²) in [6.45, 7) is 8.30. The molecule has 0 saturated carbocycles. The Morgan fingerprint density at radius 3 is 2.74 bits per heavy atom. The van der Waals surface area contributed by atoms with E-state index in [4.69, 9.17) is 14.3 Å². The number of nitrogens with one attached hydrogen (secondary N) is 1. The van der Waals surface area contributed by atoms with Crippen molar-refractivity contribution in [3.8, 4) is 0 Å². The van der Waals surface area contributed by atoms with Crippen LogP contribution in [0.2, 0.25) is 0 Å². The Hall–Kier alpha value is -1.33. The van der Waals surface area contributed by atoms with Crippen LogP contribution in [0.15, 0.2) is 10.5 Å². The van der Waals surface area contributed by atoms with Crippen LogP contribution in [-0.2, 0) is 11.3 Å². The lowest BCUT2D eigenvalue weighted by atomic mass is 9.89. The summed E-state index contributed by atoms with van der Waals surface area (Å²) in [5, 5.41) is 12.2. The molecule has 19 heavy (non-hydrogen) atoms. The van der Waals surface area contributed by atoms with Crippen LogP contribution >= 0.6 is 0 Å². The molecule has 0 amide bonds. The third-order valence-corrected chi connectivity index (χ3v) is 3.13. The van der Waals surface area contributed by atoms with E-state index in [1.165, 1.54) is 0 Å². The quantitative estimate of drug-likeness (QED) is 0.758. The Morgan fingerprint density at radius 2 is 2.21 bits per heavy atom. The maximum Gasteiger partial charge on any atom is 0.371 e. The summed E-state index contributed by atoms with van der Waals surface area (Å²) in [6.07, 6.45) is 0.973. The van der Waals surface area contributed by atoms with E-state index in [2.05, 4.69) is 19.2 Å². The summed E-state index contributed by atoms with van der Waals surface area (Å²) < 4.78 is 10.2. The molecule has 0 saturated heterocycles. The average Bonchev–Trinajstić information content (AvgIpc) is 2.69. The molecule has 5 nitrogen and oxygen atoms in total. The number of furan rings is 1. The lowest BCUT2D eigenvalue weighted by Gasteiger charge is -2.24. The molecule has 0 aliphatic heterocycles. The topological polar surface area (TPSA) is 71.7 Å². The maximum absolute atomic E-state index is 10.8. The Kier molecular flexibility index (Phi) is 5.57. The van der Waals surface area contributed by atoms with Crippen molar-refractivity contribution < 1.29 is 19.1 Å². The zero-order valence-electron chi connectivity index (χ0n) is 12.1. The SMILES string of the molecule is COCCC(C)(C)CNCc1cc(C(=O)O)oc1C. The highest BCUT2D eigenvalue weighted by atomic mass is 16.5. The molecule has 0 radical (unpaired) electrons. The summed E-state index contributed by atoms with van der Waals surface area (Å²) >= 11 is 0. The van der Waals surface area contributed by atoms with E-state index in [0.717, 1.165) is 25.1 Å². The summed E-state index contributed by atoms with van der Waals surface area (Å²) in [4.78, 5) is 10.8. The van der Waals surface area contributed by atoms with E-state index in [1.54, 1.807) is 20.1 Å². The van der Waals surface area contributed by atoms with Crippen LogP contribution in [0.25, 0.3) is 0 Å². The molecule has 1 aromatic heterocycles. The zero-order chi connectivity index (χ0) is 14.5. The van der Waals surface area contributed by atoms with Crippen LogP contribution in [0.4, 0.5) is 0 Å². The van der Waals surface area contributed by atoms with Gasteiger partial charge in [0.2, 0.25) is 5.76 Å². The Bertz CT molecular complexity index is 423. The second-order valence-corrected chi connectivity index (χ2v) is 5.51. The normalized spacial score (nSPS) is 11.8. The maximum atomic E-state index is 10.8. The lowest BCUT2D eigenvalue weighted by Crippen LogP contribution is -2.30. The number of aromatic carboxylic acids is 1. The van der Waals surface area contributed by atoms with E-state index >= 15 is 0 Å². The van der Waals surface area contributed by atoms with Gasteiger partial charge in [-0.1, -0.05) is 13.8 Å². The van der Waals surface area contributed by atoms with Crippen LogP contribution in [-0.4, -0.2) is 31.3 Å². The van der Waals surface area contributed by atoms with Gasteiger partial charge in [0.1, 0.15) is 5.76 Å². The highest BCUT2D eigenvalue weighted by Gasteiger charge is 2.18. The Morgan fingerprint density at radius 1 is 1.53 bits per heavy atom. The molecule has 0 unspecified atom stereocenters.